The summed E-state index contributed by atoms with van der Waals surface area (Å²) in [6, 6.07) is 5.79. The molecule has 2 N–H and O–H groups in total. The number of hydrogen-bond acceptors (Lipinski definition) is 4. The van der Waals surface area contributed by atoms with E-state index in [2.05, 4.69) is 5.32 Å². The number of nitrogens with one attached hydrogen (secondary N) is 1. The van der Waals surface area contributed by atoms with Crippen molar-refractivity contribution in [2.45, 2.75) is 38.3 Å². The summed E-state index contributed by atoms with van der Waals surface area (Å²) in [7, 11) is 0. The van der Waals surface area contributed by atoms with E-state index in [1.165, 1.54) is 24.0 Å². The molecule has 0 saturated carbocycles. The number of carboxylic acid groups (broad SMARTS) is 1. The predicted molar refractivity (Wildman–Crippen MR) is 82.2 cm³/mol. The zero-order chi connectivity index (χ0) is 17.0. The van der Waals surface area contributed by atoms with Gasteiger partial charge in [-0.3, -0.25) is 14.9 Å². The number of carbonyl (C=O) groups is 2. The smallest absolute Gasteiger partial charge is 0.407 e. The fourth-order valence-corrected chi connectivity index (χ4v) is 2.94. The molecule has 2 atom stereocenters. The Morgan fingerprint density at radius 2 is 2.04 bits per heavy atom. The van der Waals surface area contributed by atoms with E-state index in [0.29, 0.717) is 25.8 Å². The summed E-state index contributed by atoms with van der Waals surface area (Å²) >= 11 is 0. The van der Waals surface area contributed by atoms with Crippen LogP contribution in [0.5, 0.6) is 0 Å². The minimum Gasteiger partial charge on any atom is -0.465 e. The van der Waals surface area contributed by atoms with E-state index in [1.807, 2.05) is 0 Å². The van der Waals surface area contributed by atoms with Gasteiger partial charge in [-0.25, -0.2) is 4.79 Å². The van der Waals surface area contributed by atoms with Crippen LogP contribution in [0.1, 0.15) is 25.3 Å². The summed E-state index contributed by atoms with van der Waals surface area (Å²) < 4.78 is 0. The lowest BCUT2D eigenvalue weighted by Crippen LogP contribution is -2.52. The van der Waals surface area contributed by atoms with Gasteiger partial charge < -0.3 is 15.3 Å². The van der Waals surface area contributed by atoms with E-state index in [-0.39, 0.29) is 23.7 Å². The number of amides is 2. The second-order valence-electron chi connectivity index (χ2n) is 5.68. The minimum atomic E-state index is -0.988. The Labute approximate surface area is 133 Å². The van der Waals surface area contributed by atoms with Gasteiger partial charge in [0.25, 0.3) is 5.69 Å². The third kappa shape index (κ3) is 4.41. The van der Waals surface area contributed by atoms with Gasteiger partial charge in [0.2, 0.25) is 5.91 Å². The van der Waals surface area contributed by atoms with E-state index in [9.17, 15) is 24.8 Å². The van der Waals surface area contributed by atoms with E-state index < -0.39 is 11.0 Å². The second-order valence-corrected chi connectivity index (χ2v) is 5.68. The van der Waals surface area contributed by atoms with Crippen LogP contribution >= 0.6 is 0 Å². The van der Waals surface area contributed by atoms with Crippen LogP contribution < -0.4 is 5.32 Å². The van der Waals surface area contributed by atoms with Crippen LogP contribution in [0.25, 0.3) is 0 Å². The van der Waals surface area contributed by atoms with Crippen molar-refractivity contribution in [1.82, 2.24) is 10.2 Å². The minimum absolute atomic E-state index is 0.00334. The molecule has 8 nitrogen and oxygen atoms in total. The van der Waals surface area contributed by atoms with Crippen LogP contribution in [-0.2, 0) is 11.2 Å². The van der Waals surface area contributed by atoms with Crippen molar-refractivity contribution in [3.05, 3.63) is 39.9 Å². The first-order valence-corrected chi connectivity index (χ1v) is 7.37. The zero-order valence-corrected chi connectivity index (χ0v) is 12.8. The Hall–Kier alpha value is -2.64. The van der Waals surface area contributed by atoms with Gasteiger partial charge in [-0.2, -0.15) is 0 Å². The quantitative estimate of drug-likeness (QED) is 0.648. The van der Waals surface area contributed by atoms with Crippen molar-refractivity contribution >= 4 is 17.7 Å². The average molecular weight is 321 g/mol. The van der Waals surface area contributed by atoms with Crippen LogP contribution in [0.4, 0.5) is 10.5 Å². The van der Waals surface area contributed by atoms with Crippen LogP contribution in [0.2, 0.25) is 0 Å². The van der Waals surface area contributed by atoms with E-state index in [0.717, 1.165) is 5.56 Å². The first-order valence-electron chi connectivity index (χ1n) is 7.37. The Balaban J connectivity index is 2.09. The first-order chi connectivity index (χ1) is 10.9. The zero-order valence-electron chi connectivity index (χ0n) is 12.8. The molecular weight excluding hydrogens is 302 g/mol. The number of nitrogens with zero attached hydrogens (tertiary/aromatic N) is 2. The van der Waals surface area contributed by atoms with Gasteiger partial charge in [0.15, 0.2) is 0 Å². The molecule has 2 unspecified atom stereocenters. The van der Waals surface area contributed by atoms with E-state index in [1.54, 1.807) is 12.1 Å². The van der Waals surface area contributed by atoms with Crippen molar-refractivity contribution < 1.29 is 19.6 Å². The lowest BCUT2D eigenvalue weighted by molar-refractivity contribution is -0.384. The van der Waals surface area contributed by atoms with Crippen molar-refractivity contribution in [2.24, 2.45) is 0 Å². The standard InChI is InChI=1S/C15H19N3O5/c1-10(19)16-12-6-7-17(15(20)21)14(9-12)8-11-2-4-13(5-3-11)18(22)23/h2-5,12,14H,6-9H2,1H3,(H,16,19)(H,20,21). The summed E-state index contributed by atoms with van der Waals surface area (Å²) in [6.45, 7) is 1.80. The molecule has 124 valence electrons. The molecule has 0 aromatic heterocycles. The van der Waals surface area contributed by atoms with Crippen molar-refractivity contribution in [1.29, 1.82) is 0 Å². The van der Waals surface area contributed by atoms with Crippen LogP contribution in [0, 0.1) is 10.1 Å². The topological polar surface area (TPSA) is 113 Å². The highest BCUT2D eigenvalue weighted by atomic mass is 16.6. The molecule has 1 aliphatic rings. The van der Waals surface area contributed by atoms with Gasteiger partial charge in [-0.1, -0.05) is 12.1 Å². The molecule has 2 rings (SSSR count). The number of piperidine rings is 1. The SMILES string of the molecule is CC(=O)NC1CCN(C(=O)O)C(Cc2ccc([N+](=O)[O-])cc2)C1. The Morgan fingerprint density at radius 1 is 1.39 bits per heavy atom. The van der Waals surface area contributed by atoms with Gasteiger partial charge in [0, 0.05) is 37.7 Å². The maximum absolute atomic E-state index is 11.4. The molecule has 1 fully saturated rings. The van der Waals surface area contributed by atoms with Crippen LogP contribution in [0.3, 0.4) is 0 Å². The summed E-state index contributed by atoms with van der Waals surface area (Å²) in [5.41, 5.74) is 0.832. The Kier molecular flexibility index (Phi) is 5.15. The number of likely N-dealkylation sites (tertiary alicyclic amines) is 1. The largest absolute Gasteiger partial charge is 0.465 e. The third-order valence-corrected chi connectivity index (χ3v) is 3.99. The maximum Gasteiger partial charge on any atom is 0.407 e. The van der Waals surface area contributed by atoms with Gasteiger partial charge in [-0.15, -0.1) is 0 Å². The number of carbonyl (C=O) groups excluding carboxylic acids is 1. The van der Waals surface area contributed by atoms with E-state index in [4.69, 9.17) is 0 Å². The summed E-state index contributed by atoms with van der Waals surface area (Å²) in [4.78, 5) is 34.1. The molecule has 2 amide bonds. The number of benzene rings is 1. The normalized spacial score (nSPS) is 20.8. The van der Waals surface area contributed by atoms with Crippen LogP contribution in [0.15, 0.2) is 24.3 Å². The fourth-order valence-electron chi connectivity index (χ4n) is 2.94. The molecule has 1 aliphatic heterocycles. The lowest BCUT2D eigenvalue weighted by Gasteiger charge is -2.38. The molecule has 0 aliphatic carbocycles. The molecular formula is C15H19N3O5. The third-order valence-electron chi connectivity index (χ3n) is 3.99. The molecule has 0 radical (unpaired) electrons. The summed E-state index contributed by atoms with van der Waals surface area (Å²) in [5.74, 6) is -0.132. The Morgan fingerprint density at radius 3 is 2.57 bits per heavy atom. The molecule has 1 aromatic rings. The number of nitro benzene ring substituents is 1. The highest BCUT2D eigenvalue weighted by Gasteiger charge is 2.32. The van der Waals surface area contributed by atoms with Gasteiger partial charge >= 0.3 is 6.09 Å². The number of rotatable bonds is 4. The van der Waals surface area contributed by atoms with Gasteiger partial charge in [-0.05, 0) is 24.8 Å². The molecule has 8 heteroatoms. The predicted octanol–water partition coefficient (Wildman–Crippen LogP) is 1.78. The fraction of sp³-hybridized carbons (Fsp3) is 0.467. The highest BCUT2D eigenvalue weighted by molar-refractivity contribution is 5.73. The second kappa shape index (κ2) is 7.08. The molecule has 0 bridgehead atoms. The van der Waals surface area contributed by atoms with Crippen molar-refractivity contribution in [3.8, 4) is 0 Å². The maximum atomic E-state index is 11.4. The molecule has 1 aromatic carbocycles. The van der Waals surface area contributed by atoms with Gasteiger partial charge in [0.05, 0.1) is 4.92 Å². The Bertz CT molecular complexity index is 602. The monoisotopic (exact) mass is 321 g/mol. The lowest BCUT2D eigenvalue weighted by atomic mass is 9.92. The molecule has 0 spiro atoms. The average Bonchev–Trinajstić information content (AvgIpc) is 2.47. The number of nitro groups is 1. The molecule has 1 saturated heterocycles. The highest BCUT2D eigenvalue weighted by Crippen LogP contribution is 2.22. The van der Waals surface area contributed by atoms with Crippen molar-refractivity contribution in [3.63, 3.8) is 0 Å². The number of hydrogen-bond donors (Lipinski definition) is 2. The van der Waals surface area contributed by atoms with Gasteiger partial charge in [0.1, 0.15) is 0 Å². The van der Waals surface area contributed by atoms with E-state index >= 15 is 0 Å². The molecule has 23 heavy (non-hydrogen) atoms. The van der Waals surface area contributed by atoms with Crippen molar-refractivity contribution in [2.75, 3.05) is 6.54 Å². The van der Waals surface area contributed by atoms with Crippen LogP contribution in [-0.4, -0.2) is 45.6 Å². The summed E-state index contributed by atoms with van der Waals surface area (Å²) in [6.07, 6.45) is 0.587. The first kappa shape index (κ1) is 16.7. The number of non-ortho nitro benzene ring substituents is 1. The molecule has 1 heterocycles. The summed E-state index contributed by atoms with van der Waals surface area (Å²) in [5, 5.41) is 22.8.